The minimum atomic E-state index is -0.804. The van der Waals surface area contributed by atoms with Crippen LogP contribution in [0.4, 0.5) is 0 Å². The number of nitrogens with zero attached hydrogens (tertiary/aromatic N) is 2. The van der Waals surface area contributed by atoms with Crippen molar-refractivity contribution in [2.45, 2.75) is 56.1 Å². The molecule has 39 heavy (non-hydrogen) atoms. The van der Waals surface area contributed by atoms with Crippen molar-refractivity contribution in [1.29, 1.82) is 0 Å². The molecule has 7 heteroatoms. The molecule has 1 saturated carbocycles. The highest BCUT2D eigenvalue weighted by Crippen LogP contribution is 2.32. The van der Waals surface area contributed by atoms with Crippen LogP contribution in [0.3, 0.4) is 0 Å². The van der Waals surface area contributed by atoms with Crippen molar-refractivity contribution in [2.75, 3.05) is 14.1 Å². The lowest BCUT2D eigenvalue weighted by Gasteiger charge is -2.37. The van der Waals surface area contributed by atoms with Crippen molar-refractivity contribution < 1.29 is 20.1 Å². The predicted molar refractivity (Wildman–Crippen MR) is 153 cm³/mol. The first-order valence-electron chi connectivity index (χ1n) is 13.5. The molecule has 204 valence electrons. The Balaban J connectivity index is 1.59. The highest BCUT2D eigenvalue weighted by Gasteiger charge is 2.35. The number of nitrogens with two attached hydrogens (primary N) is 1. The third-order valence-corrected chi connectivity index (χ3v) is 7.94. The van der Waals surface area contributed by atoms with Gasteiger partial charge in [-0.2, -0.15) is 0 Å². The van der Waals surface area contributed by atoms with Gasteiger partial charge in [0.15, 0.2) is 6.04 Å². The number of benzene rings is 3. The van der Waals surface area contributed by atoms with Gasteiger partial charge in [0.05, 0.1) is 0 Å². The molecule has 0 spiro atoms. The number of carbonyl (C=O) groups is 3. The van der Waals surface area contributed by atoms with Crippen LogP contribution >= 0.6 is 0 Å². The van der Waals surface area contributed by atoms with Gasteiger partial charge in [-0.1, -0.05) is 78.9 Å². The summed E-state index contributed by atoms with van der Waals surface area (Å²) in [4.78, 5) is 42.7. The first-order chi connectivity index (χ1) is 18.7. The Bertz CT molecular complexity index is 1350. The molecule has 0 aliphatic heterocycles. The first kappa shape index (κ1) is 28.2. The molecule has 1 aliphatic rings. The fourth-order valence-corrected chi connectivity index (χ4v) is 5.17. The minimum Gasteiger partial charge on any atom is -0.330 e. The van der Waals surface area contributed by atoms with Crippen LogP contribution in [-0.4, -0.2) is 59.2 Å². The van der Waals surface area contributed by atoms with E-state index in [1.165, 1.54) is 15.9 Å². The van der Waals surface area contributed by atoms with E-state index in [1.54, 1.807) is 14.1 Å². The Labute approximate surface area is 230 Å². The third kappa shape index (κ3) is 6.99. The number of hydrogen-bond acceptors (Lipinski definition) is 4. The van der Waals surface area contributed by atoms with Gasteiger partial charge in [-0.05, 0) is 53.7 Å². The minimum absolute atomic E-state index is 0.227. The van der Waals surface area contributed by atoms with Crippen LogP contribution in [0, 0.1) is 0 Å². The number of hydrogen-bond donors (Lipinski definition) is 2. The molecule has 0 radical (unpaired) electrons. The van der Waals surface area contributed by atoms with Crippen LogP contribution in [-0.2, 0) is 27.2 Å². The Hall–Kier alpha value is -3.81. The molecule has 0 aromatic heterocycles. The first-order valence-corrected chi connectivity index (χ1v) is 13.5. The zero-order valence-electron chi connectivity index (χ0n) is 22.9. The SMILES string of the molecule is CN(C(=O)C=CCC1(N)CCC1)C(Cc1ccc2ccccc2c1)C(=O)N(C)C(Cc1ccccc1)C([NH3+])=O. The van der Waals surface area contributed by atoms with E-state index in [-0.39, 0.29) is 23.3 Å². The molecule has 2 atom stereocenters. The van der Waals surface area contributed by atoms with Crippen molar-refractivity contribution >= 4 is 28.5 Å². The molecule has 3 aromatic rings. The molecule has 0 heterocycles. The number of rotatable bonds is 11. The van der Waals surface area contributed by atoms with Crippen molar-refractivity contribution in [3.05, 3.63) is 96.1 Å². The van der Waals surface area contributed by atoms with Crippen LogP contribution in [0.2, 0.25) is 0 Å². The number of carbonyl (C=O) groups excluding carboxylic acids is 3. The maximum atomic E-state index is 14.0. The van der Waals surface area contributed by atoms with E-state index in [4.69, 9.17) is 5.73 Å². The lowest BCUT2D eigenvalue weighted by atomic mass is 9.75. The fourth-order valence-electron chi connectivity index (χ4n) is 5.17. The number of fused-ring (bicyclic) bond motifs is 1. The van der Waals surface area contributed by atoms with E-state index in [2.05, 4.69) is 5.73 Å². The summed E-state index contributed by atoms with van der Waals surface area (Å²) in [6.07, 6.45) is 7.65. The average molecular weight is 528 g/mol. The van der Waals surface area contributed by atoms with Gasteiger partial charge >= 0.3 is 5.91 Å². The molecule has 0 saturated heterocycles. The number of likely N-dealkylation sites (N-methyl/N-ethyl adjacent to an activating group) is 2. The Morgan fingerprint density at radius 3 is 2.15 bits per heavy atom. The smallest absolute Gasteiger partial charge is 0.330 e. The summed E-state index contributed by atoms with van der Waals surface area (Å²) in [5.74, 6) is -0.924. The van der Waals surface area contributed by atoms with Gasteiger partial charge in [0.1, 0.15) is 6.04 Å². The second kappa shape index (κ2) is 12.4. The molecule has 3 amide bonds. The maximum absolute atomic E-state index is 14.0. The molecule has 1 aliphatic carbocycles. The zero-order chi connectivity index (χ0) is 28.0. The summed E-state index contributed by atoms with van der Waals surface area (Å²) in [6, 6.07) is 22.1. The van der Waals surface area contributed by atoms with E-state index >= 15 is 0 Å². The van der Waals surface area contributed by atoms with Crippen molar-refractivity contribution in [1.82, 2.24) is 9.80 Å². The van der Waals surface area contributed by atoms with Crippen molar-refractivity contribution in [3.63, 3.8) is 0 Å². The second-order valence-electron chi connectivity index (χ2n) is 10.8. The molecule has 3 aromatic carbocycles. The van der Waals surface area contributed by atoms with Gasteiger partial charge in [-0.25, -0.2) is 4.79 Å². The Morgan fingerprint density at radius 2 is 1.51 bits per heavy atom. The molecule has 7 nitrogen and oxygen atoms in total. The van der Waals surface area contributed by atoms with Crippen molar-refractivity contribution in [2.24, 2.45) is 5.73 Å². The topological polar surface area (TPSA) is 111 Å². The molecule has 4 rings (SSSR count). The second-order valence-corrected chi connectivity index (χ2v) is 10.8. The van der Waals surface area contributed by atoms with Crippen LogP contribution in [0.25, 0.3) is 10.8 Å². The fraction of sp³-hybridized carbons (Fsp3) is 0.344. The van der Waals surface area contributed by atoms with Gasteiger partial charge in [0.2, 0.25) is 11.8 Å². The van der Waals surface area contributed by atoms with Gasteiger partial charge in [0.25, 0.3) is 0 Å². The van der Waals surface area contributed by atoms with Gasteiger partial charge in [0, 0.05) is 32.5 Å². The van der Waals surface area contributed by atoms with E-state index in [9.17, 15) is 14.4 Å². The predicted octanol–water partition coefficient (Wildman–Crippen LogP) is 2.88. The summed E-state index contributed by atoms with van der Waals surface area (Å²) in [5.41, 5.74) is 11.6. The highest BCUT2D eigenvalue weighted by molar-refractivity contribution is 5.94. The standard InChI is InChI=1S/C32H38N4O3/c1-35(29(37)14-8-17-32(34)18-9-19-32)28(22-24-15-16-25-12-6-7-13-26(25)20-24)31(39)36(2)27(30(33)38)21-23-10-4-3-5-11-23/h3-8,10-16,20,27-28H,9,17-19,21-22,34H2,1-2H3,(H2,33,38)/p+1. The zero-order valence-corrected chi connectivity index (χ0v) is 22.9. The lowest BCUT2D eigenvalue weighted by Crippen LogP contribution is -2.68. The largest absolute Gasteiger partial charge is 0.331 e. The van der Waals surface area contributed by atoms with Crippen molar-refractivity contribution in [3.8, 4) is 0 Å². The lowest BCUT2D eigenvalue weighted by molar-refractivity contribution is -0.311. The third-order valence-electron chi connectivity index (χ3n) is 7.94. The monoisotopic (exact) mass is 527 g/mol. The number of amides is 3. The molecule has 1 fully saturated rings. The molecule has 0 bridgehead atoms. The number of quaternary nitrogens is 1. The van der Waals surface area contributed by atoms with E-state index in [1.807, 2.05) is 78.9 Å². The summed E-state index contributed by atoms with van der Waals surface area (Å²) < 4.78 is 0. The van der Waals surface area contributed by atoms with Crippen LogP contribution in [0.1, 0.15) is 36.8 Å². The summed E-state index contributed by atoms with van der Waals surface area (Å²) in [6.45, 7) is 0. The van der Waals surface area contributed by atoms with E-state index < -0.39 is 12.1 Å². The molecule has 2 unspecified atom stereocenters. The van der Waals surface area contributed by atoms with E-state index in [0.717, 1.165) is 41.2 Å². The molecule has 5 N–H and O–H groups in total. The van der Waals surface area contributed by atoms with Gasteiger partial charge < -0.3 is 15.5 Å². The Kier molecular flexibility index (Phi) is 8.94. The summed E-state index contributed by atoms with van der Waals surface area (Å²) >= 11 is 0. The summed E-state index contributed by atoms with van der Waals surface area (Å²) in [5, 5.41) is 2.16. The normalized spacial score (nSPS) is 15.9. The molecular formula is C32H39N4O3+. The quantitative estimate of drug-likeness (QED) is 0.374. The van der Waals surface area contributed by atoms with Crippen LogP contribution in [0.15, 0.2) is 84.9 Å². The van der Waals surface area contributed by atoms with Crippen LogP contribution < -0.4 is 11.5 Å². The van der Waals surface area contributed by atoms with E-state index in [0.29, 0.717) is 19.3 Å². The average Bonchev–Trinajstić information content (AvgIpc) is 2.92. The maximum Gasteiger partial charge on any atom is 0.331 e. The van der Waals surface area contributed by atoms with Gasteiger partial charge in [-0.3, -0.25) is 15.3 Å². The van der Waals surface area contributed by atoms with Gasteiger partial charge in [-0.15, -0.1) is 0 Å². The highest BCUT2D eigenvalue weighted by atomic mass is 16.2. The summed E-state index contributed by atoms with van der Waals surface area (Å²) in [7, 11) is 3.26. The molecular weight excluding hydrogens is 488 g/mol. The van der Waals surface area contributed by atoms with Crippen LogP contribution in [0.5, 0.6) is 0 Å². The Morgan fingerprint density at radius 1 is 0.872 bits per heavy atom.